The lowest BCUT2D eigenvalue weighted by atomic mass is 9.78. The Labute approximate surface area is 128 Å². The molecular formula is C17H30N2O2. The van der Waals surface area contributed by atoms with Gasteiger partial charge in [0.2, 0.25) is 0 Å². The van der Waals surface area contributed by atoms with Gasteiger partial charge in [-0.2, -0.15) is 0 Å². The van der Waals surface area contributed by atoms with Crippen LogP contribution in [0.15, 0.2) is 12.2 Å². The van der Waals surface area contributed by atoms with E-state index in [9.17, 15) is 4.79 Å². The highest BCUT2D eigenvalue weighted by Crippen LogP contribution is 2.38. The van der Waals surface area contributed by atoms with Crippen molar-refractivity contribution in [3.8, 4) is 0 Å². The van der Waals surface area contributed by atoms with Gasteiger partial charge in [-0.05, 0) is 39.5 Å². The first kappa shape index (κ1) is 16.3. The Kier molecular flexibility index (Phi) is 5.68. The molecule has 1 spiro atoms. The number of amides is 2. The molecule has 1 aliphatic carbocycles. The Bertz CT molecular complexity index is 369. The van der Waals surface area contributed by atoms with Crippen LogP contribution in [-0.2, 0) is 4.74 Å². The molecular weight excluding hydrogens is 264 g/mol. The van der Waals surface area contributed by atoms with Crippen LogP contribution in [0, 0.1) is 0 Å². The SMILES string of the molecule is C=C(C)CN(CC)C(=O)NC1CCOC2(CCCCC2)C1. The first-order valence-corrected chi connectivity index (χ1v) is 8.38. The summed E-state index contributed by atoms with van der Waals surface area (Å²) in [5, 5.41) is 3.21. The van der Waals surface area contributed by atoms with Crippen LogP contribution in [0.2, 0.25) is 0 Å². The Morgan fingerprint density at radius 1 is 1.38 bits per heavy atom. The lowest BCUT2D eigenvalue weighted by molar-refractivity contribution is -0.108. The number of likely N-dealkylation sites (N-methyl/N-ethyl adjacent to an activating group) is 1. The number of carbonyl (C=O) groups excluding carboxylic acids is 1. The van der Waals surface area contributed by atoms with Crippen LogP contribution >= 0.6 is 0 Å². The standard InChI is InChI=1S/C17H30N2O2/c1-4-19(13-14(2)3)16(20)18-15-8-11-21-17(12-15)9-6-5-7-10-17/h15H,2,4-13H2,1,3H3,(H,18,20). The van der Waals surface area contributed by atoms with E-state index in [0.29, 0.717) is 13.1 Å². The molecule has 1 saturated carbocycles. The van der Waals surface area contributed by atoms with E-state index in [1.165, 1.54) is 19.3 Å². The van der Waals surface area contributed by atoms with Gasteiger partial charge in [0.25, 0.3) is 0 Å². The van der Waals surface area contributed by atoms with Crippen molar-refractivity contribution in [3.63, 3.8) is 0 Å². The van der Waals surface area contributed by atoms with Gasteiger partial charge in [0, 0.05) is 25.7 Å². The molecule has 1 atom stereocenters. The zero-order chi connectivity index (χ0) is 15.3. The van der Waals surface area contributed by atoms with E-state index in [-0.39, 0.29) is 17.7 Å². The summed E-state index contributed by atoms with van der Waals surface area (Å²) in [7, 11) is 0. The Balaban J connectivity index is 1.89. The second-order valence-corrected chi connectivity index (χ2v) is 6.70. The summed E-state index contributed by atoms with van der Waals surface area (Å²) < 4.78 is 6.09. The third-order valence-corrected chi connectivity index (χ3v) is 4.72. The maximum absolute atomic E-state index is 12.4. The highest BCUT2D eigenvalue weighted by Gasteiger charge is 2.39. The third-order valence-electron chi connectivity index (χ3n) is 4.72. The van der Waals surface area contributed by atoms with Crippen LogP contribution in [0.5, 0.6) is 0 Å². The predicted octanol–water partition coefficient (Wildman–Crippen LogP) is 3.48. The number of ether oxygens (including phenoxy) is 1. The number of carbonyl (C=O) groups is 1. The van der Waals surface area contributed by atoms with Gasteiger partial charge >= 0.3 is 6.03 Å². The van der Waals surface area contributed by atoms with E-state index in [2.05, 4.69) is 11.9 Å². The van der Waals surface area contributed by atoms with E-state index >= 15 is 0 Å². The average Bonchev–Trinajstić information content (AvgIpc) is 2.45. The second-order valence-electron chi connectivity index (χ2n) is 6.70. The predicted molar refractivity (Wildman–Crippen MR) is 85.4 cm³/mol. The van der Waals surface area contributed by atoms with E-state index in [1.54, 1.807) is 0 Å². The van der Waals surface area contributed by atoms with Crippen molar-refractivity contribution in [2.75, 3.05) is 19.7 Å². The molecule has 1 aliphatic heterocycles. The van der Waals surface area contributed by atoms with Gasteiger partial charge in [-0.3, -0.25) is 0 Å². The van der Waals surface area contributed by atoms with Crippen molar-refractivity contribution in [2.24, 2.45) is 0 Å². The highest BCUT2D eigenvalue weighted by molar-refractivity contribution is 5.74. The molecule has 21 heavy (non-hydrogen) atoms. The highest BCUT2D eigenvalue weighted by atomic mass is 16.5. The zero-order valence-corrected chi connectivity index (χ0v) is 13.6. The lowest BCUT2D eigenvalue weighted by Gasteiger charge is -2.44. The van der Waals surface area contributed by atoms with Gasteiger partial charge in [0.05, 0.1) is 5.60 Å². The van der Waals surface area contributed by atoms with Crippen LogP contribution in [0.25, 0.3) is 0 Å². The van der Waals surface area contributed by atoms with Crippen molar-refractivity contribution in [1.29, 1.82) is 0 Å². The number of hydrogen-bond acceptors (Lipinski definition) is 2. The number of rotatable bonds is 4. The number of nitrogens with zero attached hydrogens (tertiary/aromatic N) is 1. The van der Waals surface area contributed by atoms with Crippen LogP contribution in [0.3, 0.4) is 0 Å². The fourth-order valence-corrected chi connectivity index (χ4v) is 3.61. The smallest absolute Gasteiger partial charge is 0.317 e. The van der Waals surface area contributed by atoms with Gasteiger partial charge in [-0.15, -0.1) is 0 Å². The summed E-state index contributed by atoms with van der Waals surface area (Å²) in [6, 6.07) is 0.293. The largest absolute Gasteiger partial charge is 0.375 e. The van der Waals surface area contributed by atoms with E-state index in [1.807, 2.05) is 18.7 Å². The quantitative estimate of drug-likeness (QED) is 0.807. The van der Waals surface area contributed by atoms with Crippen LogP contribution < -0.4 is 5.32 Å². The first-order chi connectivity index (χ1) is 10.0. The number of urea groups is 1. The molecule has 1 saturated heterocycles. The van der Waals surface area contributed by atoms with Gasteiger partial charge in [-0.25, -0.2) is 4.79 Å². The van der Waals surface area contributed by atoms with Gasteiger partial charge in [0.1, 0.15) is 0 Å². The van der Waals surface area contributed by atoms with E-state index in [4.69, 9.17) is 4.74 Å². The van der Waals surface area contributed by atoms with Crippen molar-refractivity contribution in [2.45, 2.75) is 70.4 Å². The van der Waals surface area contributed by atoms with Crippen LogP contribution in [-0.4, -0.2) is 42.3 Å². The van der Waals surface area contributed by atoms with Crippen LogP contribution in [0.4, 0.5) is 4.79 Å². The Morgan fingerprint density at radius 3 is 2.71 bits per heavy atom. The summed E-state index contributed by atoms with van der Waals surface area (Å²) in [6.07, 6.45) is 8.06. The maximum atomic E-state index is 12.4. The molecule has 1 unspecified atom stereocenters. The summed E-state index contributed by atoms with van der Waals surface area (Å²) in [4.78, 5) is 14.2. The minimum atomic E-state index is 0.0401. The monoisotopic (exact) mass is 294 g/mol. The molecule has 0 aromatic heterocycles. The van der Waals surface area contributed by atoms with Crippen molar-refractivity contribution >= 4 is 6.03 Å². The molecule has 0 aromatic rings. The molecule has 2 rings (SSSR count). The molecule has 2 aliphatic rings. The van der Waals surface area contributed by atoms with Gasteiger partial charge in [0.15, 0.2) is 0 Å². The Morgan fingerprint density at radius 2 is 2.10 bits per heavy atom. The van der Waals surface area contributed by atoms with Crippen molar-refractivity contribution in [3.05, 3.63) is 12.2 Å². The lowest BCUT2D eigenvalue weighted by Crippen LogP contribution is -2.52. The van der Waals surface area contributed by atoms with E-state index in [0.717, 1.165) is 37.9 Å². The molecule has 120 valence electrons. The molecule has 2 amide bonds. The average molecular weight is 294 g/mol. The minimum Gasteiger partial charge on any atom is -0.375 e. The molecule has 0 bridgehead atoms. The second kappa shape index (κ2) is 7.30. The minimum absolute atomic E-state index is 0.0401. The Hall–Kier alpha value is -1.03. The number of hydrogen-bond donors (Lipinski definition) is 1. The van der Waals surface area contributed by atoms with Crippen molar-refractivity contribution in [1.82, 2.24) is 10.2 Å². The number of nitrogens with one attached hydrogen (secondary N) is 1. The molecule has 0 aromatic carbocycles. The van der Waals surface area contributed by atoms with Crippen LogP contribution in [0.1, 0.15) is 58.8 Å². The molecule has 1 heterocycles. The summed E-state index contributed by atoms with van der Waals surface area (Å²) in [5.74, 6) is 0. The van der Waals surface area contributed by atoms with E-state index < -0.39 is 0 Å². The fourth-order valence-electron chi connectivity index (χ4n) is 3.61. The first-order valence-electron chi connectivity index (χ1n) is 8.38. The van der Waals surface area contributed by atoms with Crippen molar-refractivity contribution < 1.29 is 9.53 Å². The molecule has 2 fully saturated rings. The summed E-state index contributed by atoms with van der Waals surface area (Å²) >= 11 is 0. The summed E-state index contributed by atoms with van der Waals surface area (Å²) in [5.41, 5.74) is 1.06. The molecule has 4 heteroatoms. The third kappa shape index (κ3) is 4.47. The summed E-state index contributed by atoms with van der Waals surface area (Å²) in [6.45, 7) is 9.99. The molecule has 4 nitrogen and oxygen atoms in total. The maximum Gasteiger partial charge on any atom is 0.317 e. The van der Waals surface area contributed by atoms with Gasteiger partial charge < -0.3 is 15.0 Å². The van der Waals surface area contributed by atoms with Gasteiger partial charge in [-0.1, -0.05) is 31.4 Å². The molecule has 0 radical (unpaired) electrons. The zero-order valence-electron chi connectivity index (χ0n) is 13.6. The topological polar surface area (TPSA) is 41.6 Å². The fraction of sp³-hybridized carbons (Fsp3) is 0.824. The molecule has 1 N–H and O–H groups in total. The normalized spacial score (nSPS) is 24.6.